The number of rotatable bonds is 2. The Hall–Kier alpha value is -1.67. The van der Waals surface area contributed by atoms with E-state index < -0.39 is 5.60 Å². The molecule has 1 N–H and O–H groups in total. The van der Waals surface area contributed by atoms with Crippen molar-refractivity contribution in [3.63, 3.8) is 0 Å². The van der Waals surface area contributed by atoms with Crippen molar-refractivity contribution < 1.29 is 5.11 Å². The molecule has 0 aromatic carbocycles. The summed E-state index contributed by atoms with van der Waals surface area (Å²) in [5.74, 6) is 1.22. The van der Waals surface area contributed by atoms with Crippen LogP contribution in [0, 0.1) is 17.2 Å². The quantitative estimate of drug-likeness (QED) is 0.770. The van der Waals surface area contributed by atoms with E-state index >= 15 is 0 Å². The highest BCUT2D eigenvalue weighted by atomic mass is 16.3. The smallest absolute Gasteiger partial charge is 0.158 e. The summed E-state index contributed by atoms with van der Waals surface area (Å²) in [7, 11) is 0. The highest BCUT2D eigenvalue weighted by Crippen LogP contribution is 2.45. The molecule has 1 aliphatic carbocycles. The zero-order valence-corrected chi connectivity index (χ0v) is 8.80. The topological polar surface area (TPSA) is 73.0 Å². The molecule has 2 aliphatic rings. The zero-order chi connectivity index (χ0) is 11.2. The maximum absolute atomic E-state index is 10.1. The molecule has 0 atom stereocenters. The molecule has 0 amide bonds. The van der Waals surface area contributed by atoms with Gasteiger partial charge in [-0.15, -0.1) is 0 Å². The lowest BCUT2D eigenvalue weighted by molar-refractivity contribution is -0.00977. The lowest BCUT2D eigenvalue weighted by Crippen LogP contribution is -2.63. The fourth-order valence-corrected chi connectivity index (χ4v) is 2.20. The van der Waals surface area contributed by atoms with Crippen molar-refractivity contribution >= 4 is 5.82 Å². The van der Waals surface area contributed by atoms with E-state index in [9.17, 15) is 5.11 Å². The molecule has 0 bridgehead atoms. The molecule has 2 fully saturated rings. The fourth-order valence-electron chi connectivity index (χ4n) is 2.20. The average Bonchev–Trinajstić information content (AvgIpc) is 3.09. The standard InChI is InChI=1S/C11H12N4O/c12-3-9-4-14-10(5-13-9)15-6-11(16,7-15)8-1-2-8/h4-5,8,16H,1-2,6-7H2. The van der Waals surface area contributed by atoms with E-state index in [0.29, 0.717) is 24.7 Å². The van der Waals surface area contributed by atoms with Crippen molar-refractivity contribution in [1.82, 2.24) is 9.97 Å². The Morgan fingerprint density at radius 3 is 2.62 bits per heavy atom. The normalized spacial score (nSPS) is 22.4. The van der Waals surface area contributed by atoms with Crippen molar-refractivity contribution in [2.24, 2.45) is 5.92 Å². The Kier molecular flexibility index (Phi) is 1.88. The summed E-state index contributed by atoms with van der Waals surface area (Å²) in [5.41, 5.74) is -0.183. The van der Waals surface area contributed by atoms with Crippen LogP contribution in [0.15, 0.2) is 12.4 Å². The largest absolute Gasteiger partial charge is 0.386 e. The van der Waals surface area contributed by atoms with Gasteiger partial charge in [0, 0.05) is 0 Å². The molecule has 1 aromatic rings. The Morgan fingerprint density at radius 1 is 1.38 bits per heavy atom. The van der Waals surface area contributed by atoms with E-state index in [4.69, 9.17) is 5.26 Å². The minimum Gasteiger partial charge on any atom is -0.386 e. The minimum absolute atomic E-state index is 0.321. The van der Waals surface area contributed by atoms with Crippen LogP contribution in [-0.4, -0.2) is 33.8 Å². The highest BCUT2D eigenvalue weighted by Gasteiger charge is 2.52. The van der Waals surface area contributed by atoms with Crippen LogP contribution in [0.3, 0.4) is 0 Å². The molecule has 0 unspecified atom stereocenters. The van der Waals surface area contributed by atoms with E-state index in [-0.39, 0.29) is 0 Å². The molecule has 5 heteroatoms. The molecular formula is C11H12N4O. The third-order valence-electron chi connectivity index (χ3n) is 3.34. The lowest BCUT2D eigenvalue weighted by Gasteiger charge is -2.47. The Morgan fingerprint density at radius 2 is 2.12 bits per heavy atom. The Labute approximate surface area is 93.4 Å². The lowest BCUT2D eigenvalue weighted by atomic mass is 9.89. The van der Waals surface area contributed by atoms with Gasteiger partial charge in [0.25, 0.3) is 0 Å². The van der Waals surface area contributed by atoms with Crippen molar-refractivity contribution in [1.29, 1.82) is 5.26 Å². The van der Waals surface area contributed by atoms with Gasteiger partial charge >= 0.3 is 0 Å². The second-order valence-corrected chi connectivity index (χ2v) is 4.61. The second kappa shape index (κ2) is 3.16. The van der Waals surface area contributed by atoms with Gasteiger partial charge in [-0.05, 0) is 18.8 Å². The molecule has 16 heavy (non-hydrogen) atoms. The number of nitrogens with zero attached hydrogens (tertiary/aromatic N) is 4. The first kappa shape index (κ1) is 9.55. The third kappa shape index (κ3) is 1.42. The summed E-state index contributed by atoms with van der Waals surface area (Å²) < 4.78 is 0. The van der Waals surface area contributed by atoms with E-state index in [0.717, 1.165) is 18.7 Å². The molecule has 1 aromatic heterocycles. The second-order valence-electron chi connectivity index (χ2n) is 4.61. The van der Waals surface area contributed by atoms with E-state index in [2.05, 4.69) is 9.97 Å². The number of hydrogen-bond donors (Lipinski definition) is 1. The van der Waals surface area contributed by atoms with Gasteiger partial charge in [0.2, 0.25) is 0 Å². The van der Waals surface area contributed by atoms with Gasteiger partial charge in [-0.1, -0.05) is 0 Å². The van der Waals surface area contributed by atoms with Crippen molar-refractivity contribution in [2.45, 2.75) is 18.4 Å². The number of aromatic nitrogens is 2. The Bertz CT molecular complexity index is 440. The number of nitriles is 1. The van der Waals surface area contributed by atoms with Crippen LogP contribution >= 0.6 is 0 Å². The molecule has 2 heterocycles. The summed E-state index contributed by atoms with van der Waals surface area (Å²) in [6, 6.07) is 1.93. The molecule has 0 spiro atoms. The first-order chi connectivity index (χ1) is 7.71. The van der Waals surface area contributed by atoms with Gasteiger partial charge < -0.3 is 10.0 Å². The van der Waals surface area contributed by atoms with E-state index in [1.807, 2.05) is 11.0 Å². The molecule has 82 valence electrons. The molecule has 0 radical (unpaired) electrons. The van der Waals surface area contributed by atoms with Crippen molar-refractivity contribution in [3.05, 3.63) is 18.1 Å². The van der Waals surface area contributed by atoms with Crippen molar-refractivity contribution in [2.75, 3.05) is 18.0 Å². The summed E-state index contributed by atoms with van der Waals surface area (Å²) >= 11 is 0. The van der Waals surface area contributed by atoms with Crippen LogP contribution in [0.5, 0.6) is 0 Å². The number of β-amino-alcohol motifs (C(OH)–C–C–N with tert-alkyl or cyclic N) is 1. The van der Waals surface area contributed by atoms with Crippen molar-refractivity contribution in [3.8, 4) is 6.07 Å². The fraction of sp³-hybridized carbons (Fsp3) is 0.545. The first-order valence-electron chi connectivity index (χ1n) is 5.41. The van der Waals surface area contributed by atoms with Gasteiger partial charge in [-0.25, -0.2) is 9.97 Å². The molecule has 1 aliphatic heterocycles. The number of anilines is 1. The van der Waals surface area contributed by atoms with Gasteiger partial charge in [0.05, 0.1) is 25.5 Å². The maximum Gasteiger partial charge on any atom is 0.158 e. The molecule has 1 saturated heterocycles. The third-order valence-corrected chi connectivity index (χ3v) is 3.34. The van der Waals surface area contributed by atoms with Gasteiger partial charge in [-0.3, -0.25) is 0 Å². The van der Waals surface area contributed by atoms with Crippen LogP contribution in [0.2, 0.25) is 0 Å². The molecule has 3 rings (SSSR count). The minimum atomic E-state index is -0.504. The summed E-state index contributed by atoms with van der Waals surface area (Å²) in [6.07, 6.45) is 5.33. The van der Waals surface area contributed by atoms with Gasteiger partial charge in [0.1, 0.15) is 17.5 Å². The van der Waals surface area contributed by atoms with Crippen LogP contribution in [-0.2, 0) is 0 Å². The van der Waals surface area contributed by atoms with Gasteiger partial charge in [-0.2, -0.15) is 5.26 Å². The monoisotopic (exact) mass is 216 g/mol. The van der Waals surface area contributed by atoms with Crippen LogP contribution in [0.25, 0.3) is 0 Å². The molecule has 5 nitrogen and oxygen atoms in total. The Balaban J connectivity index is 1.69. The number of hydrogen-bond acceptors (Lipinski definition) is 5. The zero-order valence-electron chi connectivity index (χ0n) is 8.80. The van der Waals surface area contributed by atoms with Crippen LogP contribution < -0.4 is 4.90 Å². The van der Waals surface area contributed by atoms with E-state index in [1.165, 1.54) is 6.20 Å². The van der Waals surface area contributed by atoms with E-state index in [1.54, 1.807) is 6.20 Å². The average molecular weight is 216 g/mol. The van der Waals surface area contributed by atoms with Crippen LogP contribution in [0.4, 0.5) is 5.82 Å². The summed E-state index contributed by atoms with van der Waals surface area (Å²) in [6.45, 7) is 1.27. The SMILES string of the molecule is N#Cc1cnc(N2CC(O)(C3CC3)C2)cn1. The first-order valence-corrected chi connectivity index (χ1v) is 5.41. The predicted octanol–water partition coefficient (Wildman–Crippen LogP) is 0.309. The molecular weight excluding hydrogens is 204 g/mol. The summed E-state index contributed by atoms with van der Waals surface area (Å²) in [5, 5.41) is 18.7. The molecule has 1 saturated carbocycles. The highest BCUT2D eigenvalue weighted by molar-refractivity contribution is 5.43. The maximum atomic E-state index is 10.1. The van der Waals surface area contributed by atoms with Gasteiger partial charge in [0.15, 0.2) is 5.69 Å². The number of aliphatic hydroxyl groups is 1. The van der Waals surface area contributed by atoms with Crippen LogP contribution in [0.1, 0.15) is 18.5 Å². The predicted molar refractivity (Wildman–Crippen MR) is 56.6 cm³/mol. The summed E-state index contributed by atoms with van der Waals surface area (Å²) in [4.78, 5) is 10.1.